The van der Waals surface area contributed by atoms with Gasteiger partial charge < -0.3 is 23.7 Å². The molecule has 0 radical (unpaired) electrons. The summed E-state index contributed by atoms with van der Waals surface area (Å²) in [7, 11) is 1.24. The van der Waals surface area contributed by atoms with Crippen LogP contribution in [0.4, 0.5) is 8.78 Å². The van der Waals surface area contributed by atoms with Crippen LogP contribution < -0.4 is 18.9 Å². The molecular weight excluding hydrogens is 378 g/mol. The summed E-state index contributed by atoms with van der Waals surface area (Å²) in [6.45, 7) is -2.72. The number of fused-ring (bicyclic) bond motifs is 1. The minimum atomic E-state index is -3.03. The molecule has 0 aromatic heterocycles. The molecule has 0 saturated carbocycles. The predicted molar refractivity (Wildman–Crippen MR) is 91.7 cm³/mol. The molecule has 0 atom stereocenters. The number of benzene rings is 2. The molecule has 7 nitrogen and oxygen atoms in total. The molecule has 0 N–H and O–H groups in total. The van der Waals surface area contributed by atoms with E-state index in [9.17, 15) is 18.4 Å². The van der Waals surface area contributed by atoms with E-state index in [2.05, 4.69) is 4.74 Å². The first-order valence-corrected chi connectivity index (χ1v) is 8.20. The number of alkyl halides is 2. The second kappa shape index (κ2) is 8.55. The lowest BCUT2D eigenvalue weighted by atomic mass is 10.1. The number of methoxy groups -OCH3 is 1. The van der Waals surface area contributed by atoms with Crippen molar-refractivity contribution in [1.82, 2.24) is 0 Å². The number of carbonyl (C=O) groups is 2. The van der Waals surface area contributed by atoms with E-state index in [4.69, 9.17) is 18.9 Å². The van der Waals surface area contributed by atoms with Crippen LogP contribution in [-0.4, -0.2) is 45.3 Å². The fourth-order valence-corrected chi connectivity index (χ4v) is 2.50. The second-order valence-corrected chi connectivity index (χ2v) is 5.60. The van der Waals surface area contributed by atoms with Crippen molar-refractivity contribution in [2.45, 2.75) is 6.61 Å². The smallest absolute Gasteiger partial charge is 0.387 e. The van der Waals surface area contributed by atoms with Crippen LogP contribution in [0.1, 0.15) is 20.7 Å². The third-order valence-corrected chi connectivity index (χ3v) is 3.81. The van der Waals surface area contributed by atoms with Gasteiger partial charge in [-0.25, -0.2) is 4.79 Å². The van der Waals surface area contributed by atoms with E-state index in [0.29, 0.717) is 30.3 Å². The molecule has 2 aromatic carbocycles. The molecule has 1 aliphatic rings. The van der Waals surface area contributed by atoms with E-state index < -0.39 is 25.0 Å². The van der Waals surface area contributed by atoms with Crippen LogP contribution in [0.15, 0.2) is 36.4 Å². The molecule has 1 aliphatic heterocycles. The van der Waals surface area contributed by atoms with E-state index in [-0.39, 0.29) is 17.1 Å². The molecule has 1 heterocycles. The highest BCUT2D eigenvalue weighted by Crippen LogP contribution is 2.31. The lowest BCUT2D eigenvalue weighted by Gasteiger charge is -2.18. The fraction of sp³-hybridized carbons (Fsp3) is 0.263. The SMILES string of the molecule is COc1cc(C(=O)OCC(=O)c2ccc3c(c2)OCCO3)ccc1OC(F)F. The van der Waals surface area contributed by atoms with Crippen LogP contribution in [0.5, 0.6) is 23.0 Å². The highest BCUT2D eigenvalue weighted by molar-refractivity contribution is 6.00. The monoisotopic (exact) mass is 394 g/mol. The van der Waals surface area contributed by atoms with Crippen molar-refractivity contribution in [3.63, 3.8) is 0 Å². The third-order valence-electron chi connectivity index (χ3n) is 3.81. The Bertz CT molecular complexity index is 883. The number of ketones is 1. The van der Waals surface area contributed by atoms with E-state index in [0.717, 1.165) is 6.07 Å². The first kappa shape index (κ1) is 19.4. The Morgan fingerprint density at radius 1 is 1.00 bits per heavy atom. The summed E-state index contributed by atoms with van der Waals surface area (Å²) < 4.78 is 49.7. The number of hydrogen-bond acceptors (Lipinski definition) is 7. The maximum absolute atomic E-state index is 12.3. The summed E-state index contributed by atoms with van der Waals surface area (Å²) in [5, 5.41) is 0. The first-order valence-electron chi connectivity index (χ1n) is 8.20. The summed E-state index contributed by atoms with van der Waals surface area (Å²) in [4.78, 5) is 24.4. The lowest BCUT2D eigenvalue weighted by molar-refractivity contribution is -0.0512. The first-order chi connectivity index (χ1) is 13.5. The van der Waals surface area contributed by atoms with Crippen molar-refractivity contribution in [3.05, 3.63) is 47.5 Å². The Morgan fingerprint density at radius 3 is 2.43 bits per heavy atom. The van der Waals surface area contributed by atoms with Gasteiger partial charge in [-0.2, -0.15) is 8.78 Å². The van der Waals surface area contributed by atoms with Gasteiger partial charge in [0.2, 0.25) is 0 Å². The van der Waals surface area contributed by atoms with Crippen molar-refractivity contribution in [1.29, 1.82) is 0 Å². The molecule has 0 spiro atoms. The van der Waals surface area contributed by atoms with E-state index >= 15 is 0 Å². The molecule has 148 valence electrons. The Labute approximate surface area is 158 Å². The normalized spacial score (nSPS) is 12.4. The van der Waals surface area contributed by atoms with Gasteiger partial charge in [-0.15, -0.1) is 0 Å². The predicted octanol–water partition coefficient (Wildman–Crippen LogP) is 3.11. The average molecular weight is 394 g/mol. The van der Waals surface area contributed by atoms with Crippen molar-refractivity contribution in [2.24, 2.45) is 0 Å². The highest BCUT2D eigenvalue weighted by Gasteiger charge is 2.18. The third kappa shape index (κ3) is 4.48. The molecule has 0 fully saturated rings. The number of rotatable bonds is 7. The molecule has 0 amide bonds. The molecule has 0 bridgehead atoms. The summed E-state index contributed by atoms with van der Waals surface area (Å²) in [6, 6.07) is 8.25. The van der Waals surface area contributed by atoms with Gasteiger partial charge in [0.15, 0.2) is 35.4 Å². The summed E-state index contributed by atoms with van der Waals surface area (Å²) >= 11 is 0. The van der Waals surface area contributed by atoms with E-state index in [1.807, 2.05) is 0 Å². The van der Waals surface area contributed by atoms with Gasteiger partial charge in [0.05, 0.1) is 12.7 Å². The average Bonchev–Trinajstić information content (AvgIpc) is 2.71. The summed E-state index contributed by atoms with van der Waals surface area (Å²) in [6.07, 6.45) is 0. The van der Waals surface area contributed by atoms with Crippen molar-refractivity contribution in [3.8, 4) is 23.0 Å². The van der Waals surface area contributed by atoms with Crippen LogP contribution in [0, 0.1) is 0 Å². The molecule has 2 aromatic rings. The number of Topliss-reactive ketones (excluding diaryl/α,β-unsaturated/α-hetero) is 1. The van der Waals surface area contributed by atoms with E-state index in [1.54, 1.807) is 12.1 Å². The second-order valence-electron chi connectivity index (χ2n) is 5.60. The molecule has 0 saturated heterocycles. The number of ether oxygens (including phenoxy) is 5. The van der Waals surface area contributed by atoms with Crippen LogP contribution >= 0.6 is 0 Å². The maximum atomic E-state index is 12.3. The van der Waals surface area contributed by atoms with Crippen LogP contribution in [-0.2, 0) is 4.74 Å². The van der Waals surface area contributed by atoms with Crippen LogP contribution in [0.25, 0.3) is 0 Å². The molecule has 28 heavy (non-hydrogen) atoms. The zero-order valence-electron chi connectivity index (χ0n) is 14.8. The molecule has 3 rings (SSSR count). The molecular formula is C19H16F2O7. The summed E-state index contributed by atoms with van der Waals surface area (Å²) in [5.41, 5.74) is 0.323. The van der Waals surface area contributed by atoms with Crippen molar-refractivity contribution in [2.75, 3.05) is 26.9 Å². The zero-order valence-corrected chi connectivity index (χ0v) is 14.8. The van der Waals surface area contributed by atoms with E-state index in [1.165, 1.54) is 25.3 Å². The van der Waals surface area contributed by atoms with Gasteiger partial charge in [0, 0.05) is 5.56 Å². The van der Waals surface area contributed by atoms with Crippen molar-refractivity contribution < 1.29 is 42.1 Å². The number of halogens is 2. The van der Waals surface area contributed by atoms with Gasteiger partial charge in [0.1, 0.15) is 13.2 Å². The lowest BCUT2D eigenvalue weighted by Crippen LogP contribution is -2.17. The van der Waals surface area contributed by atoms with Crippen molar-refractivity contribution >= 4 is 11.8 Å². The standard InChI is InChI=1S/C19H16F2O7/c1-24-16-9-12(3-5-15(16)28-19(20)21)18(23)27-10-13(22)11-2-4-14-17(8-11)26-7-6-25-14/h2-5,8-9,19H,6-7,10H2,1H3. The van der Waals surface area contributed by atoms with Gasteiger partial charge >= 0.3 is 12.6 Å². The Kier molecular flexibility index (Phi) is 5.93. The van der Waals surface area contributed by atoms with Gasteiger partial charge in [0.25, 0.3) is 0 Å². The quantitative estimate of drug-likeness (QED) is 0.527. The van der Waals surface area contributed by atoms with Crippen LogP contribution in [0.3, 0.4) is 0 Å². The Morgan fingerprint density at radius 2 is 1.71 bits per heavy atom. The number of carbonyl (C=O) groups excluding carboxylic acids is 2. The fourth-order valence-electron chi connectivity index (χ4n) is 2.50. The van der Waals surface area contributed by atoms with Gasteiger partial charge in [-0.3, -0.25) is 4.79 Å². The van der Waals surface area contributed by atoms with Gasteiger partial charge in [-0.05, 0) is 36.4 Å². The Hall–Kier alpha value is -3.36. The minimum Gasteiger partial charge on any atom is -0.493 e. The topological polar surface area (TPSA) is 80.3 Å². The largest absolute Gasteiger partial charge is 0.493 e. The van der Waals surface area contributed by atoms with Crippen LogP contribution in [0.2, 0.25) is 0 Å². The summed E-state index contributed by atoms with van der Waals surface area (Å²) in [5.74, 6) is -0.544. The number of hydrogen-bond donors (Lipinski definition) is 0. The number of esters is 1. The molecule has 0 unspecified atom stereocenters. The minimum absolute atomic E-state index is 0.0217. The molecule has 0 aliphatic carbocycles. The molecule has 9 heteroatoms. The zero-order chi connectivity index (χ0) is 20.1. The highest BCUT2D eigenvalue weighted by atomic mass is 19.3. The Balaban J connectivity index is 1.64. The maximum Gasteiger partial charge on any atom is 0.387 e. The van der Waals surface area contributed by atoms with Gasteiger partial charge in [-0.1, -0.05) is 0 Å².